The molecule has 2 heterocycles. The summed E-state index contributed by atoms with van der Waals surface area (Å²) >= 11 is 1.78. The molecule has 0 aromatic carbocycles. The molecule has 1 aromatic rings. The maximum Gasteiger partial charge on any atom is 0.0897 e. The molecule has 0 saturated carbocycles. The van der Waals surface area contributed by atoms with Crippen LogP contribution in [0.5, 0.6) is 0 Å². The molecule has 1 saturated heterocycles. The number of hydrogen-bond acceptors (Lipinski definition) is 4. The van der Waals surface area contributed by atoms with Crippen LogP contribution in [0, 0.1) is 12.8 Å². The van der Waals surface area contributed by atoms with Crippen LogP contribution in [0.1, 0.15) is 29.7 Å². The van der Waals surface area contributed by atoms with Gasteiger partial charge in [-0.05, 0) is 32.6 Å². The van der Waals surface area contributed by atoms with Crippen molar-refractivity contribution < 1.29 is 4.74 Å². The van der Waals surface area contributed by atoms with Crippen molar-refractivity contribution in [2.24, 2.45) is 5.92 Å². The molecule has 0 amide bonds. The van der Waals surface area contributed by atoms with Gasteiger partial charge in [-0.2, -0.15) is 0 Å². The lowest BCUT2D eigenvalue weighted by molar-refractivity contribution is 0.0558. The van der Waals surface area contributed by atoms with Gasteiger partial charge in [0.05, 0.1) is 5.01 Å². The SMILES string of the molecule is Cc1ncc(CNC(C)C2CCOCC2)s1. The van der Waals surface area contributed by atoms with E-state index in [0.717, 1.165) is 30.7 Å². The summed E-state index contributed by atoms with van der Waals surface area (Å²) in [5.41, 5.74) is 0. The van der Waals surface area contributed by atoms with Crippen molar-refractivity contribution >= 4 is 11.3 Å². The van der Waals surface area contributed by atoms with E-state index in [1.165, 1.54) is 17.7 Å². The summed E-state index contributed by atoms with van der Waals surface area (Å²) in [6.45, 7) is 7.14. The minimum absolute atomic E-state index is 0.575. The number of aryl methyl sites for hydroxylation is 1. The number of ether oxygens (including phenoxy) is 1. The van der Waals surface area contributed by atoms with Gasteiger partial charge in [0, 0.05) is 36.9 Å². The van der Waals surface area contributed by atoms with Crippen molar-refractivity contribution in [2.75, 3.05) is 13.2 Å². The Bertz CT molecular complexity index is 321. The van der Waals surface area contributed by atoms with Crippen LogP contribution in [-0.4, -0.2) is 24.2 Å². The third-order valence-electron chi connectivity index (χ3n) is 3.24. The summed E-state index contributed by atoms with van der Waals surface area (Å²) in [4.78, 5) is 5.60. The number of nitrogens with zero attached hydrogens (tertiary/aromatic N) is 1. The molecular weight excluding hydrogens is 220 g/mol. The highest BCUT2D eigenvalue weighted by Gasteiger charge is 2.19. The summed E-state index contributed by atoms with van der Waals surface area (Å²) in [5, 5.41) is 4.75. The van der Waals surface area contributed by atoms with E-state index in [0.29, 0.717) is 6.04 Å². The zero-order chi connectivity index (χ0) is 11.4. The zero-order valence-electron chi connectivity index (χ0n) is 10.0. The lowest BCUT2D eigenvalue weighted by Crippen LogP contribution is -2.36. The van der Waals surface area contributed by atoms with Gasteiger partial charge < -0.3 is 10.1 Å². The predicted molar refractivity (Wildman–Crippen MR) is 66.7 cm³/mol. The van der Waals surface area contributed by atoms with Gasteiger partial charge in [0.1, 0.15) is 0 Å². The number of aromatic nitrogens is 1. The Morgan fingerprint density at radius 3 is 2.94 bits per heavy atom. The normalized spacial score (nSPS) is 19.9. The maximum absolute atomic E-state index is 5.38. The van der Waals surface area contributed by atoms with Gasteiger partial charge >= 0.3 is 0 Å². The van der Waals surface area contributed by atoms with Gasteiger partial charge in [-0.25, -0.2) is 4.98 Å². The van der Waals surface area contributed by atoms with Gasteiger partial charge in [-0.3, -0.25) is 0 Å². The van der Waals surface area contributed by atoms with Gasteiger partial charge in [-0.15, -0.1) is 11.3 Å². The second kappa shape index (κ2) is 5.75. The van der Waals surface area contributed by atoms with Crippen LogP contribution in [0.25, 0.3) is 0 Å². The topological polar surface area (TPSA) is 34.2 Å². The Morgan fingerprint density at radius 2 is 2.31 bits per heavy atom. The number of rotatable bonds is 4. The van der Waals surface area contributed by atoms with Crippen molar-refractivity contribution in [2.45, 2.75) is 39.3 Å². The fourth-order valence-electron chi connectivity index (χ4n) is 2.13. The molecular formula is C12H20N2OS. The monoisotopic (exact) mass is 240 g/mol. The van der Waals surface area contributed by atoms with E-state index >= 15 is 0 Å². The second-order valence-electron chi connectivity index (χ2n) is 4.46. The van der Waals surface area contributed by atoms with Crippen LogP contribution >= 0.6 is 11.3 Å². The fraction of sp³-hybridized carbons (Fsp3) is 0.750. The number of hydrogen-bond donors (Lipinski definition) is 1. The Labute approximate surface area is 101 Å². The first-order valence-electron chi connectivity index (χ1n) is 5.98. The smallest absolute Gasteiger partial charge is 0.0897 e. The van der Waals surface area contributed by atoms with E-state index in [4.69, 9.17) is 4.74 Å². The van der Waals surface area contributed by atoms with Crippen molar-refractivity contribution in [3.8, 4) is 0 Å². The lowest BCUT2D eigenvalue weighted by Gasteiger charge is -2.28. The average molecular weight is 240 g/mol. The molecule has 4 heteroatoms. The standard InChI is InChI=1S/C12H20N2OS/c1-9(11-3-5-15-6-4-11)13-7-12-8-14-10(2)16-12/h8-9,11,13H,3-7H2,1-2H3. The first kappa shape index (κ1) is 12.0. The molecule has 1 aliphatic heterocycles. The Morgan fingerprint density at radius 1 is 1.56 bits per heavy atom. The van der Waals surface area contributed by atoms with E-state index in [2.05, 4.69) is 24.1 Å². The Balaban J connectivity index is 1.76. The van der Waals surface area contributed by atoms with E-state index in [1.807, 2.05) is 6.20 Å². The van der Waals surface area contributed by atoms with Crippen LogP contribution in [0.15, 0.2) is 6.20 Å². The number of thiazole rings is 1. The van der Waals surface area contributed by atoms with Crippen LogP contribution in [0.3, 0.4) is 0 Å². The van der Waals surface area contributed by atoms with Crippen LogP contribution < -0.4 is 5.32 Å². The van der Waals surface area contributed by atoms with Crippen LogP contribution in [-0.2, 0) is 11.3 Å². The molecule has 1 N–H and O–H groups in total. The molecule has 1 unspecified atom stereocenters. The van der Waals surface area contributed by atoms with Crippen LogP contribution in [0.2, 0.25) is 0 Å². The van der Waals surface area contributed by atoms with E-state index in [-0.39, 0.29) is 0 Å². The van der Waals surface area contributed by atoms with Crippen LogP contribution in [0.4, 0.5) is 0 Å². The second-order valence-corrected chi connectivity index (χ2v) is 5.78. The van der Waals surface area contributed by atoms with Crippen molar-refractivity contribution in [1.82, 2.24) is 10.3 Å². The van der Waals surface area contributed by atoms with Gasteiger partial charge in [0.15, 0.2) is 0 Å². The third kappa shape index (κ3) is 3.27. The molecule has 1 fully saturated rings. The van der Waals surface area contributed by atoms with Crippen molar-refractivity contribution in [3.05, 3.63) is 16.1 Å². The van der Waals surface area contributed by atoms with Gasteiger partial charge in [0.2, 0.25) is 0 Å². The van der Waals surface area contributed by atoms with E-state index in [9.17, 15) is 0 Å². The highest BCUT2D eigenvalue weighted by Crippen LogP contribution is 2.19. The maximum atomic E-state index is 5.38. The highest BCUT2D eigenvalue weighted by atomic mass is 32.1. The molecule has 0 radical (unpaired) electrons. The number of nitrogens with one attached hydrogen (secondary N) is 1. The van der Waals surface area contributed by atoms with E-state index in [1.54, 1.807) is 11.3 Å². The Hall–Kier alpha value is -0.450. The summed E-state index contributed by atoms with van der Waals surface area (Å²) in [6, 6.07) is 0.575. The molecule has 3 nitrogen and oxygen atoms in total. The molecule has 1 atom stereocenters. The third-order valence-corrected chi connectivity index (χ3v) is 4.15. The molecule has 0 aliphatic carbocycles. The first-order valence-corrected chi connectivity index (χ1v) is 6.80. The average Bonchev–Trinajstić information content (AvgIpc) is 2.73. The lowest BCUT2D eigenvalue weighted by atomic mass is 9.93. The van der Waals surface area contributed by atoms with Crippen molar-refractivity contribution in [1.29, 1.82) is 0 Å². The minimum Gasteiger partial charge on any atom is -0.381 e. The summed E-state index contributed by atoms with van der Waals surface area (Å²) in [7, 11) is 0. The van der Waals surface area contributed by atoms with Gasteiger partial charge in [0.25, 0.3) is 0 Å². The predicted octanol–water partition coefficient (Wildman–Crippen LogP) is 2.36. The van der Waals surface area contributed by atoms with Crippen molar-refractivity contribution in [3.63, 3.8) is 0 Å². The molecule has 1 aromatic heterocycles. The summed E-state index contributed by atoms with van der Waals surface area (Å²) in [6.07, 6.45) is 4.36. The molecule has 90 valence electrons. The highest BCUT2D eigenvalue weighted by molar-refractivity contribution is 7.11. The van der Waals surface area contributed by atoms with Gasteiger partial charge in [-0.1, -0.05) is 0 Å². The summed E-state index contributed by atoms with van der Waals surface area (Å²) < 4.78 is 5.38. The molecule has 2 rings (SSSR count). The minimum atomic E-state index is 0.575. The summed E-state index contributed by atoms with van der Waals surface area (Å²) in [5.74, 6) is 0.766. The molecule has 0 bridgehead atoms. The molecule has 1 aliphatic rings. The fourth-order valence-corrected chi connectivity index (χ4v) is 2.88. The van der Waals surface area contributed by atoms with E-state index < -0.39 is 0 Å². The zero-order valence-corrected chi connectivity index (χ0v) is 10.8. The molecule has 16 heavy (non-hydrogen) atoms. The first-order chi connectivity index (χ1) is 7.75. The Kier molecular flexibility index (Phi) is 4.32. The largest absolute Gasteiger partial charge is 0.381 e. The molecule has 0 spiro atoms. The quantitative estimate of drug-likeness (QED) is 0.877.